The summed E-state index contributed by atoms with van der Waals surface area (Å²) >= 11 is 1.40. The number of carbonyl (C=O) groups excluding carboxylic acids is 1. The summed E-state index contributed by atoms with van der Waals surface area (Å²) in [4.78, 5) is 29.7. The Labute approximate surface area is 132 Å². The van der Waals surface area contributed by atoms with Gasteiger partial charge in [-0.05, 0) is 5.56 Å². The quantitative estimate of drug-likeness (QED) is 0.503. The van der Waals surface area contributed by atoms with Crippen LogP contribution in [-0.2, 0) is 16.0 Å². The maximum absolute atomic E-state index is 11.6. The zero-order valence-electron chi connectivity index (χ0n) is 12.1. The fourth-order valence-corrected chi connectivity index (χ4v) is 2.44. The molecule has 114 valence electrons. The lowest BCUT2D eigenvalue weighted by molar-refractivity contribution is -0.139. The van der Waals surface area contributed by atoms with Gasteiger partial charge in [0.15, 0.2) is 5.16 Å². The van der Waals surface area contributed by atoms with E-state index in [1.807, 2.05) is 42.5 Å². The molecule has 0 bridgehead atoms. The summed E-state index contributed by atoms with van der Waals surface area (Å²) in [5.74, 6) is 0.248. The van der Waals surface area contributed by atoms with Gasteiger partial charge in [0.1, 0.15) is 0 Å². The monoisotopic (exact) mass is 316 g/mol. The topological polar surface area (TPSA) is 72.1 Å². The van der Waals surface area contributed by atoms with Gasteiger partial charge in [-0.1, -0.05) is 54.2 Å². The van der Waals surface area contributed by atoms with Crippen molar-refractivity contribution in [2.45, 2.75) is 11.6 Å². The molecule has 2 rings (SSSR count). The number of aromatic nitrogens is 2. The summed E-state index contributed by atoms with van der Waals surface area (Å²) in [5, 5.41) is 0.490. The summed E-state index contributed by atoms with van der Waals surface area (Å²) in [6.07, 6.45) is 3.99. The van der Waals surface area contributed by atoms with E-state index in [0.717, 1.165) is 5.56 Å². The van der Waals surface area contributed by atoms with Gasteiger partial charge < -0.3 is 9.72 Å². The van der Waals surface area contributed by atoms with E-state index in [9.17, 15) is 9.59 Å². The molecule has 0 spiro atoms. The van der Waals surface area contributed by atoms with Gasteiger partial charge in [0.25, 0.3) is 5.56 Å². The molecule has 0 amide bonds. The van der Waals surface area contributed by atoms with E-state index in [-0.39, 0.29) is 12.0 Å². The van der Waals surface area contributed by atoms with Crippen LogP contribution in [0, 0.1) is 0 Å². The second kappa shape index (κ2) is 8.19. The number of thioether (sulfide) groups is 1. The summed E-state index contributed by atoms with van der Waals surface area (Å²) in [7, 11) is 1.31. The fourth-order valence-electron chi connectivity index (χ4n) is 1.74. The zero-order chi connectivity index (χ0) is 15.8. The first-order valence-corrected chi connectivity index (χ1v) is 7.67. The number of nitrogens with one attached hydrogen (secondary N) is 1. The number of nitrogens with zero attached hydrogens (tertiary/aromatic N) is 1. The van der Waals surface area contributed by atoms with Gasteiger partial charge in [-0.15, -0.1) is 0 Å². The van der Waals surface area contributed by atoms with Crippen LogP contribution < -0.4 is 5.56 Å². The molecule has 0 aliphatic carbocycles. The minimum absolute atomic E-state index is 0.00612. The molecule has 2 aromatic rings. The molecule has 22 heavy (non-hydrogen) atoms. The molecular formula is C16H16N2O3S. The average Bonchev–Trinajstić information content (AvgIpc) is 2.52. The molecule has 1 aromatic carbocycles. The fraction of sp³-hybridized carbons (Fsp3) is 0.188. The molecule has 1 N–H and O–H groups in total. The zero-order valence-corrected chi connectivity index (χ0v) is 12.9. The van der Waals surface area contributed by atoms with Crippen molar-refractivity contribution in [3.05, 3.63) is 64.1 Å². The van der Waals surface area contributed by atoms with Gasteiger partial charge in [-0.25, -0.2) is 4.98 Å². The Morgan fingerprint density at radius 2 is 2.14 bits per heavy atom. The Bertz CT molecular complexity index is 711. The molecule has 0 fully saturated rings. The lowest BCUT2D eigenvalue weighted by atomic mass is 10.2. The van der Waals surface area contributed by atoms with Gasteiger partial charge in [-0.3, -0.25) is 9.59 Å². The molecule has 1 heterocycles. The van der Waals surface area contributed by atoms with Crippen LogP contribution >= 0.6 is 11.8 Å². The van der Waals surface area contributed by atoms with Crippen molar-refractivity contribution in [1.29, 1.82) is 0 Å². The first-order valence-electron chi connectivity index (χ1n) is 6.69. The van der Waals surface area contributed by atoms with E-state index in [1.54, 1.807) is 0 Å². The average molecular weight is 316 g/mol. The largest absolute Gasteiger partial charge is 0.469 e. The molecule has 6 heteroatoms. The SMILES string of the molecule is COC(=O)Cc1cc(=O)[nH]c(SC/C=C/c2ccccc2)n1. The van der Waals surface area contributed by atoms with Gasteiger partial charge in [0.2, 0.25) is 0 Å². The Hall–Kier alpha value is -2.34. The van der Waals surface area contributed by atoms with Crippen molar-refractivity contribution in [3.63, 3.8) is 0 Å². The van der Waals surface area contributed by atoms with Gasteiger partial charge in [-0.2, -0.15) is 0 Å². The predicted molar refractivity (Wildman–Crippen MR) is 86.8 cm³/mol. The number of H-pyrrole nitrogens is 1. The number of benzene rings is 1. The Kier molecular flexibility index (Phi) is 5.97. The van der Waals surface area contributed by atoms with Crippen LogP contribution in [0.25, 0.3) is 6.08 Å². The van der Waals surface area contributed by atoms with Crippen LogP contribution in [0.2, 0.25) is 0 Å². The number of aromatic amines is 1. The minimum atomic E-state index is -0.418. The Morgan fingerprint density at radius 1 is 1.36 bits per heavy atom. The third-order valence-electron chi connectivity index (χ3n) is 2.75. The first-order chi connectivity index (χ1) is 10.7. The van der Waals surface area contributed by atoms with E-state index in [4.69, 9.17) is 0 Å². The highest BCUT2D eigenvalue weighted by molar-refractivity contribution is 7.99. The number of hydrogen-bond acceptors (Lipinski definition) is 5. The summed E-state index contributed by atoms with van der Waals surface area (Å²) in [6.45, 7) is 0. The number of esters is 1. The van der Waals surface area contributed by atoms with Gasteiger partial charge in [0, 0.05) is 11.8 Å². The van der Waals surface area contributed by atoms with Crippen LogP contribution in [0.3, 0.4) is 0 Å². The number of carbonyl (C=O) groups is 1. The molecule has 0 aliphatic heterocycles. The van der Waals surface area contributed by atoms with E-state index in [2.05, 4.69) is 14.7 Å². The van der Waals surface area contributed by atoms with Crippen molar-refractivity contribution >= 4 is 23.8 Å². The van der Waals surface area contributed by atoms with Gasteiger partial charge in [0.05, 0.1) is 19.2 Å². The number of hydrogen-bond donors (Lipinski definition) is 1. The third-order valence-corrected chi connectivity index (χ3v) is 3.58. The van der Waals surface area contributed by atoms with Crippen LogP contribution in [0.5, 0.6) is 0 Å². The van der Waals surface area contributed by atoms with Crippen LogP contribution in [0.15, 0.2) is 52.4 Å². The standard InChI is InChI=1S/C16H16N2O3S/c1-21-15(20)11-13-10-14(19)18-16(17-13)22-9-5-8-12-6-3-2-4-7-12/h2-8,10H,9,11H2,1H3,(H,17,18,19)/b8-5+. The summed E-state index contributed by atoms with van der Waals surface area (Å²) in [6, 6.07) is 11.2. The molecule has 0 saturated heterocycles. The Morgan fingerprint density at radius 3 is 2.86 bits per heavy atom. The molecule has 0 atom stereocenters. The highest BCUT2D eigenvalue weighted by atomic mass is 32.2. The normalized spacial score (nSPS) is 10.8. The lowest BCUT2D eigenvalue weighted by Crippen LogP contribution is -2.13. The highest BCUT2D eigenvalue weighted by Gasteiger charge is 2.07. The van der Waals surface area contributed by atoms with Crippen molar-refractivity contribution in [3.8, 4) is 0 Å². The predicted octanol–water partition coefficient (Wildman–Crippen LogP) is 2.29. The molecule has 1 aromatic heterocycles. The van der Waals surface area contributed by atoms with Gasteiger partial charge >= 0.3 is 5.97 Å². The first kappa shape index (κ1) is 16.0. The van der Waals surface area contributed by atoms with E-state index < -0.39 is 5.97 Å². The lowest BCUT2D eigenvalue weighted by Gasteiger charge is -2.02. The van der Waals surface area contributed by atoms with Crippen molar-refractivity contribution in [1.82, 2.24) is 9.97 Å². The smallest absolute Gasteiger partial charge is 0.311 e. The highest BCUT2D eigenvalue weighted by Crippen LogP contribution is 2.12. The minimum Gasteiger partial charge on any atom is -0.469 e. The molecule has 0 aliphatic rings. The second-order valence-electron chi connectivity index (χ2n) is 4.42. The van der Waals surface area contributed by atoms with E-state index >= 15 is 0 Å². The number of ether oxygens (including phenoxy) is 1. The second-order valence-corrected chi connectivity index (χ2v) is 5.43. The molecule has 0 unspecified atom stereocenters. The van der Waals surface area contributed by atoms with Crippen molar-refractivity contribution in [2.75, 3.05) is 12.9 Å². The van der Waals surface area contributed by atoms with Crippen molar-refractivity contribution < 1.29 is 9.53 Å². The van der Waals surface area contributed by atoms with E-state index in [1.165, 1.54) is 24.9 Å². The third kappa shape index (κ3) is 5.21. The molecular weight excluding hydrogens is 300 g/mol. The Balaban J connectivity index is 1.96. The van der Waals surface area contributed by atoms with Crippen LogP contribution in [0.1, 0.15) is 11.3 Å². The number of rotatable bonds is 6. The molecule has 5 nitrogen and oxygen atoms in total. The maximum atomic E-state index is 11.6. The number of methoxy groups -OCH3 is 1. The van der Waals surface area contributed by atoms with Crippen LogP contribution in [-0.4, -0.2) is 28.8 Å². The maximum Gasteiger partial charge on any atom is 0.311 e. The molecule has 0 saturated carbocycles. The van der Waals surface area contributed by atoms with Crippen molar-refractivity contribution in [2.24, 2.45) is 0 Å². The molecule has 0 radical (unpaired) electrons. The van der Waals surface area contributed by atoms with E-state index in [0.29, 0.717) is 16.6 Å². The van der Waals surface area contributed by atoms with Crippen LogP contribution in [0.4, 0.5) is 0 Å². The summed E-state index contributed by atoms with van der Waals surface area (Å²) < 4.78 is 4.57. The summed E-state index contributed by atoms with van der Waals surface area (Å²) in [5.41, 5.74) is 1.25.